The maximum Gasteiger partial charge on any atom is 0.261 e. The van der Waals surface area contributed by atoms with Crippen LogP contribution in [-0.4, -0.2) is 43.0 Å². The van der Waals surface area contributed by atoms with Crippen molar-refractivity contribution >= 4 is 17.5 Å². The summed E-state index contributed by atoms with van der Waals surface area (Å²) in [6, 6.07) is 12.9. The normalized spacial score (nSPS) is 14.0. The molecule has 3 rings (SSSR count). The van der Waals surface area contributed by atoms with Crippen LogP contribution < -0.4 is 9.64 Å². The Morgan fingerprint density at radius 3 is 2.39 bits per heavy atom. The molecule has 0 unspecified atom stereocenters. The highest BCUT2D eigenvalue weighted by Crippen LogP contribution is 2.26. The van der Waals surface area contributed by atoms with Crippen LogP contribution in [0.25, 0.3) is 0 Å². The van der Waals surface area contributed by atoms with E-state index >= 15 is 0 Å². The Hall–Kier alpha value is -3.33. The van der Waals surface area contributed by atoms with E-state index in [9.17, 15) is 9.59 Å². The van der Waals surface area contributed by atoms with Crippen LogP contribution in [0.1, 0.15) is 22.3 Å². The van der Waals surface area contributed by atoms with Crippen molar-refractivity contribution in [3.8, 4) is 11.8 Å². The van der Waals surface area contributed by atoms with Crippen LogP contribution in [0.4, 0.5) is 5.69 Å². The molecule has 0 spiro atoms. The van der Waals surface area contributed by atoms with Crippen molar-refractivity contribution in [1.82, 2.24) is 4.90 Å². The number of amides is 2. The van der Waals surface area contributed by atoms with Gasteiger partial charge in [0.25, 0.3) is 5.91 Å². The van der Waals surface area contributed by atoms with E-state index in [4.69, 9.17) is 10.00 Å². The predicted molar refractivity (Wildman–Crippen MR) is 106 cm³/mol. The zero-order chi connectivity index (χ0) is 20.3. The molecule has 0 aliphatic carbocycles. The minimum Gasteiger partial charge on any atom is -0.483 e. The van der Waals surface area contributed by atoms with Crippen LogP contribution in [0.3, 0.4) is 0 Å². The highest BCUT2D eigenvalue weighted by atomic mass is 16.5. The molecule has 0 radical (unpaired) electrons. The number of carbonyl (C=O) groups is 2. The largest absolute Gasteiger partial charge is 0.483 e. The molecule has 1 fully saturated rings. The third-order valence-corrected chi connectivity index (χ3v) is 5.10. The molecule has 0 saturated carbocycles. The standard InChI is InChI=1S/C22H23N3O3/c1-15-4-5-16(2)22(17(15)3)28-14-21(27)24-10-11-25(20(26)13-24)19-8-6-18(12-23)7-9-19/h4-9H,10-11,13-14H2,1-3H3. The van der Waals surface area contributed by atoms with Gasteiger partial charge in [-0.2, -0.15) is 5.26 Å². The van der Waals surface area contributed by atoms with Gasteiger partial charge in [-0.25, -0.2) is 0 Å². The SMILES string of the molecule is Cc1ccc(C)c(OCC(=O)N2CCN(c3ccc(C#N)cc3)C(=O)C2)c1C. The summed E-state index contributed by atoms with van der Waals surface area (Å²) in [7, 11) is 0. The first-order valence-corrected chi connectivity index (χ1v) is 9.18. The van der Waals surface area contributed by atoms with Crippen molar-refractivity contribution in [2.75, 3.05) is 31.1 Å². The highest BCUT2D eigenvalue weighted by Gasteiger charge is 2.28. The van der Waals surface area contributed by atoms with Crippen molar-refractivity contribution in [1.29, 1.82) is 5.26 Å². The monoisotopic (exact) mass is 377 g/mol. The second-order valence-electron chi connectivity index (χ2n) is 6.96. The molecule has 6 nitrogen and oxygen atoms in total. The summed E-state index contributed by atoms with van der Waals surface area (Å²) in [5.74, 6) is 0.385. The molecule has 2 amide bonds. The average molecular weight is 377 g/mol. The molecule has 0 bridgehead atoms. The summed E-state index contributed by atoms with van der Waals surface area (Å²) >= 11 is 0. The van der Waals surface area contributed by atoms with Crippen LogP contribution in [0, 0.1) is 32.1 Å². The molecule has 1 heterocycles. The maximum absolute atomic E-state index is 12.5. The van der Waals surface area contributed by atoms with Gasteiger partial charge in [-0.15, -0.1) is 0 Å². The fraction of sp³-hybridized carbons (Fsp3) is 0.318. The molecular formula is C22H23N3O3. The average Bonchev–Trinajstić information content (AvgIpc) is 2.70. The first-order chi connectivity index (χ1) is 13.4. The van der Waals surface area contributed by atoms with Gasteiger partial charge in [0.2, 0.25) is 5.91 Å². The predicted octanol–water partition coefficient (Wildman–Crippen LogP) is 2.74. The van der Waals surface area contributed by atoms with Gasteiger partial charge in [0.1, 0.15) is 12.3 Å². The fourth-order valence-electron chi connectivity index (χ4n) is 3.25. The smallest absolute Gasteiger partial charge is 0.261 e. The minimum atomic E-state index is -0.201. The Morgan fingerprint density at radius 2 is 1.75 bits per heavy atom. The zero-order valence-corrected chi connectivity index (χ0v) is 16.4. The summed E-state index contributed by atoms with van der Waals surface area (Å²) < 4.78 is 5.79. The van der Waals surface area contributed by atoms with Crippen molar-refractivity contribution in [3.05, 3.63) is 58.7 Å². The van der Waals surface area contributed by atoms with Crippen molar-refractivity contribution in [2.45, 2.75) is 20.8 Å². The van der Waals surface area contributed by atoms with Gasteiger partial charge in [-0.05, 0) is 61.7 Å². The van der Waals surface area contributed by atoms with E-state index in [1.165, 1.54) is 4.90 Å². The lowest BCUT2D eigenvalue weighted by molar-refractivity contribution is -0.138. The highest BCUT2D eigenvalue weighted by molar-refractivity contribution is 5.98. The Labute approximate surface area is 164 Å². The summed E-state index contributed by atoms with van der Waals surface area (Å²) in [5, 5.41) is 8.88. The first kappa shape index (κ1) is 19.4. The van der Waals surface area contributed by atoms with Crippen LogP contribution in [0.15, 0.2) is 36.4 Å². The lowest BCUT2D eigenvalue weighted by Crippen LogP contribution is -2.53. The summed E-state index contributed by atoms with van der Waals surface area (Å²) in [6.45, 7) is 6.72. The lowest BCUT2D eigenvalue weighted by Gasteiger charge is -2.34. The lowest BCUT2D eigenvalue weighted by atomic mass is 10.1. The molecule has 28 heavy (non-hydrogen) atoms. The van der Waals surface area contributed by atoms with E-state index in [2.05, 4.69) is 6.07 Å². The summed E-state index contributed by atoms with van der Waals surface area (Å²) in [6.07, 6.45) is 0. The number of nitrogens with zero attached hydrogens (tertiary/aromatic N) is 3. The number of hydrogen-bond donors (Lipinski definition) is 0. The summed E-state index contributed by atoms with van der Waals surface area (Å²) in [5.41, 5.74) is 4.40. The van der Waals surface area contributed by atoms with Crippen LogP contribution in [0.2, 0.25) is 0 Å². The fourth-order valence-corrected chi connectivity index (χ4v) is 3.25. The molecule has 0 N–H and O–H groups in total. The Balaban J connectivity index is 1.61. The molecule has 1 saturated heterocycles. The molecule has 0 aromatic heterocycles. The number of ether oxygens (including phenoxy) is 1. The van der Waals surface area contributed by atoms with E-state index in [-0.39, 0.29) is 25.0 Å². The van der Waals surface area contributed by atoms with Crippen LogP contribution in [-0.2, 0) is 9.59 Å². The second-order valence-corrected chi connectivity index (χ2v) is 6.96. The number of benzene rings is 2. The Morgan fingerprint density at radius 1 is 1.07 bits per heavy atom. The molecule has 2 aromatic carbocycles. The maximum atomic E-state index is 12.5. The number of piperazine rings is 1. The van der Waals surface area contributed by atoms with Gasteiger partial charge in [0, 0.05) is 18.8 Å². The zero-order valence-electron chi connectivity index (χ0n) is 16.4. The topological polar surface area (TPSA) is 73.6 Å². The molecule has 2 aromatic rings. The Bertz CT molecular complexity index is 945. The van der Waals surface area contributed by atoms with Gasteiger partial charge >= 0.3 is 0 Å². The number of carbonyl (C=O) groups excluding carboxylic acids is 2. The molecule has 1 aliphatic rings. The third kappa shape index (κ3) is 3.99. The van der Waals surface area contributed by atoms with E-state index in [0.717, 1.165) is 28.1 Å². The van der Waals surface area contributed by atoms with Gasteiger partial charge < -0.3 is 14.5 Å². The molecule has 6 heteroatoms. The van der Waals surface area contributed by atoms with Crippen molar-refractivity contribution in [3.63, 3.8) is 0 Å². The van der Waals surface area contributed by atoms with Crippen molar-refractivity contribution in [2.24, 2.45) is 0 Å². The van der Waals surface area contributed by atoms with E-state index in [1.54, 1.807) is 29.2 Å². The minimum absolute atomic E-state index is 0.0218. The number of nitriles is 1. The molecule has 0 atom stereocenters. The number of aryl methyl sites for hydroxylation is 2. The first-order valence-electron chi connectivity index (χ1n) is 9.18. The molecule has 1 aliphatic heterocycles. The number of hydrogen-bond acceptors (Lipinski definition) is 4. The van der Waals surface area contributed by atoms with E-state index < -0.39 is 0 Å². The number of rotatable bonds is 4. The summed E-state index contributed by atoms with van der Waals surface area (Å²) in [4.78, 5) is 28.2. The van der Waals surface area contributed by atoms with Gasteiger partial charge in [-0.1, -0.05) is 12.1 Å². The van der Waals surface area contributed by atoms with Gasteiger partial charge in [0.15, 0.2) is 6.61 Å². The van der Waals surface area contributed by atoms with Crippen molar-refractivity contribution < 1.29 is 14.3 Å². The molecular weight excluding hydrogens is 354 g/mol. The Kier molecular flexibility index (Phi) is 5.65. The van der Waals surface area contributed by atoms with Gasteiger partial charge in [0.05, 0.1) is 11.6 Å². The van der Waals surface area contributed by atoms with E-state index in [1.807, 2.05) is 32.9 Å². The van der Waals surface area contributed by atoms with E-state index in [0.29, 0.717) is 18.7 Å². The quantitative estimate of drug-likeness (QED) is 0.821. The van der Waals surface area contributed by atoms with Crippen LogP contribution >= 0.6 is 0 Å². The third-order valence-electron chi connectivity index (χ3n) is 5.10. The molecule has 144 valence electrons. The second kappa shape index (κ2) is 8.13. The number of anilines is 1. The van der Waals surface area contributed by atoms with Gasteiger partial charge in [-0.3, -0.25) is 9.59 Å². The van der Waals surface area contributed by atoms with Crippen LogP contribution in [0.5, 0.6) is 5.75 Å².